The number of urea groups is 1. The molecule has 0 unspecified atom stereocenters. The fourth-order valence-corrected chi connectivity index (χ4v) is 4.82. The van der Waals surface area contributed by atoms with Crippen molar-refractivity contribution < 1.29 is 19.1 Å². The number of piperazine rings is 1. The number of allylic oxidation sites excluding steroid dienone is 1. The van der Waals surface area contributed by atoms with E-state index < -0.39 is 0 Å². The molecule has 200 valence electrons. The number of amides is 2. The minimum Gasteiger partial charge on any atom is -0.497 e. The number of methoxy groups -OCH3 is 1. The third kappa shape index (κ3) is 5.52. The number of carbonyl (C=O) groups excluding carboxylic acids is 2. The Balaban J connectivity index is 1.38. The minimum absolute atomic E-state index is 0.229. The second-order valence-electron chi connectivity index (χ2n) is 9.63. The maximum atomic E-state index is 13.3. The number of likely N-dealkylation sites (N-methyl/N-ethyl adjacent to an activating group) is 1. The molecule has 4 N–H and O–H groups in total. The van der Waals surface area contributed by atoms with Crippen LogP contribution < -0.4 is 25.8 Å². The highest BCUT2D eigenvalue weighted by Gasteiger charge is 2.28. The van der Waals surface area contributed by atoms with Crippen LogP contribution >= 0.6 is 0 Å². The standard InChI is InChI=1S/C28H34N6O4/c1-32-9-11-33(12-10-32)13-14-34-18-19(22-17-21(37-2)4-5-24(22)34)15-26-27(35)23-16-20(3-6-25(23)38-26)31-28(36)30-8-7-29/h3-6,15-18H,7-14,29H2,1-2H3,(H2,30,31,36)/b26-15-. The van der Waals surface area contributed by atoms with Gasteiger partial charge in [0.05, 0.1) is 12.7 Å². The molecule has 2 aliphatic rings. The van der Waals surface area contributed by atoms with Gasteiger partial charge < -0.3 is 35.3 Å². The Morgan fingerprint density at radius 1 is 1.13 bits per heavy atom. The smallest absolute Gasteiger partial charge is 0.319 e. The van der Waals surface area contributed by atoms with Crippen LogP contribution in [0.3, 0.4) is 0 Å². The van der Waals surface area contributed by atoms with Crippen LogP contribution in [0.25, 0.3) is 17.0 Å². The van der Waals surface area contributed by atoms with Crippen molar-refractivity contribution >= 4 is 34.5 Å². The van der Waals surface area contributed by atoms with E-state index in [0.717, 1.165) is 61.5 Å². The Morgan fingerprint density at radius 3 is 2.71 bits per heavy atom. The summed E-state index contributed by atoms with van der Waals surface area (Å²) in [7, 11) is 3.80. The lowest BCUT2D eigenvalue weighted by atomic mass is 10.1. The van der Waals surface area contributed by atoms with Gasteiger partial charge in [0.2, 0.25) is 5.78 Å². The number of fused-ring (bicyclic) bond motifs is 2. The van der Waals surface area contributed by atoms with E-state index in [9.17, 15) is 9.59 Å². The summed E-state index contributed by atoms with van der Waals surface area (Å²) in [5.74, 6) is 1.23. The van der Waals surface area contributed by atoms with Crippen LogP contribution in [0.15, 0.2) is 48.4 Å². The van der Waals surface area contributed by atoms with Crippen molar-refractivity contribution in [2.24, 2.45) is 5.73 Å². The number of rotatable bonds is 8. The van der Waals surface area contributed by atoms with E-state index in [4.69, 9.17) is 15.2 Å². The third-order valence-corrected chi connectivity index (χ3v) is 7.01. The van der Waals surface area contributed by atoms with Crippen molar-refractivity contribution in [3.8, 4) is 11.5 Å². The summed E-state index contributed by atoms with van der Waals surface area (Å²) in [5.41, 5.74) is 8.29. The molecule has 5 rings (SSSR count). The Labute approximate surface area is 222 Å². The fraction of sp³-hybridized carbons (Fsp3) is 0.357. The number of ether oxygens (including phenoxy) is 2. The molecule has 10 heteroatoms. The van der Waals surface area contributed by atoms with E-state index >= 15 is 0 Å². The second kappa shape index (κ2) is 11.3. The predicted octanol–water partition coefficient (Wildman–Crippen LogP) is 2.59. The van der Waals surface area contributed by atoms with Gasteiger partial charge in [-0.25, -0.2) is 4.79 Å². The molecular weight excluding hydrogens is 484 g/mol. The number of nitrogens with two attached hydrogens (primary N) is 1. The summed E-state index contributed by atoms with van der Waals surface area (Å²) in [6.07, 6.45) is 3.86. The number of hydrogen-bond donors (Lipinski definition) is 3. The highest BCUT2D eigenvalue weighted by Crippen LogP contribution is 2.35. The summed E-state index contributed by atoms with van der Waals surface area (Å²) in [5, 5.41) is 6.35. The van der Waals surface area contributed by atoms with E-state index in [0.29, 0.717) is 30.1 Å². The fourth-order valence-electron chi connectivity index (χ4n) is 4.82. The molecule has 1 fully saturated rings. The van der Waals surface area contributed by atoms with E-state index in [1.165, 1.54) is 0 Å². The molecule has 2 aliphatic heterocycles. The Hall–Kier alpha value is -3.86. The van der Waals surface area contributed by atoms with Gasteiger partial charge in [-0.3, -0.25) is 9.69 Å². The van der Waals surface area contributed by atoms with Gasteiger partial charge in [0.15, 0.2) is 5.76 Å². The molecule has 0 radical (unpaired) electrons. The van der Waals surface area contributed by atoms with Crippen molar-refractivity contribution in [2.45, 2.75) is 6.54 Å². The molecule has 10 nitrogen and oxygen atoms in total. The average Bonchev–Trinajstić information content (AvgIpc) is 3.43. The van der Waals surface area contributed by atoms with Crippen molar-refractivity contribution in [3.63, 3.8) is 0 Å². The van der Waals surface area contributed by atoms with Gasteiger partial charge in [0, 0.05) is 80.7 Å². The van der Waals surface area contributed by atoms with Crippen LogP contribution in [-0.2, 0) is 6.54 Å². The lowest BCUT2D eigenvalue weighted by Gasteiger charge is -2.32. The van der Waals surface area contributed by atoms with Crippen LogP contribution in [0.2, 0.25) is 0 Å². The number of ketones is 1. The van der Waals surface area contributed by atoms with Crippen LogP contribution in [-0.4, -0.2) is 86.2 Å². The monoisotopic (exact) mass is 518 g/mol. The summed E-state index contributed by atoms with van der Waals surface area (Å²) in [4.78, 5) is 30.1. The lowest BCUT2D eigenvalue weighted by molar-refractivity contribution is 0.101. The maximum Gasteiger partial charge on any atom is 0.319 e. The Bertz CT molecular complexity index is 1370. The molecule has 2 aromatic carbocycles. The first-order valence-corrected chi connectivity index (χ1v) is 12.9. The SMILES string of the molecule is COc1ccc2c(c1)c(/C=C1\Oc3ccc(NC(=O)NCCN)cc3C1=O)cn2CCN1CCN(C)CC1. The van der Waals surface area contributed by atoms with Gasteiger partial charge in [-0.2, -0.15) is 0 Å². The normalized spacial score (nSPS) is 17.0. The molecule has 1 aromatic heterocycles. The van der Waals surface area contributed by atoms with Gasteiger partial charge in [-0.15, -0.1) is 0 Å². The number of Topliss-reactive ketones (excluding diaryl/α,β-unsaturated/α-hetero) is 1. The van der Waals surface area contributed by atoms with Crippen molar-refractivity contribution in [2.75, 3.05) is 65.3 Å². The predicted molar refractivity (Wildman–Crippen MR) is 148 cm³/mol. The molecule has 0 aliphatic carbocycles. The van der Waals surface area contributed by atoms with Gasteiger partial charge in [0.25, 0.3) is 0 Å². The molecule has 3 heterocycles. The molecule has 2 amide bonds. The molecular formula is C28H34N6O4. The molecule has 0 saturated carbocycles. The molecule has 3 aromatic rings. The second-order valence-corrected chi connectivity index (χ2v) is 9.63. The first-order chi connectivity index (χ1) is 18.4. The van der Waals surface area contributed by atoms with Gasteiger partial charge in [-0.1, -0.05) is 0 Å². The first kappa shape index (κ1) is 25.8. The van der Waals surface area contributed by atoms with E-state index in [1.54, 1.807) is 31.4 Å². The van der Waals surface area contributed by atoms with Crippen molar-refractivity contribution in [1.82, 2.24) is 19.7 Å². The lowest BCUT2D eigenvalue weighted by Crippen LogP contribution is -2.45. The highest BCUT2D eigenvalue weighted by atomic mass is 16.5. The zero-order chi connectivity index (χ0) is 26.6. The number of benzene rings is 2. The van der Waals surface area contributed by atoms with E-state index in [-0.39, 0.29) is 17.6 Å². The third-order valence-electron chi connectivity index (χ3n) is 7.01. The topological polar surface area (TPSA) is 114 Å². The summed E-state index contributed by atoms with van der Waals surface area (Å²) in [6, 6.07) is 10.6. The Morgan fingerprint density at radius 2 is 1.95 bits per heavy atom. The number of carbonyl (C=O) groups is 2. The molecule has 38 heavy (non-hydrogen) atoms. The number of anilines is 1. The first-order valence-electron chi connectivity index (χ1n) is 12.9. The average molecular weight is 519 g/mol. The van der Waals surface area contributed by atoms with Gasteiger partial charge in [0.1, 0.15) is 11.5 Å². The van der Waals surface area contributed by atoms with Crippen LogP contribution in [0, 0.1) is 0 Å². The number of hydrogen-bond acceptors (Lipinski definition) is 7. The number of aromatic nitrogens is 1. The number of nitrogens with one attached hydrogen (secondary N) is 2. The summed E-state index contributed by atoms with van der Waals surface area (Å²) >= 11 is 0. The number of nitrogens with zero attached hydrogens (tertiary/aromatic N) is 3. The van der Waals surface area contributed by atoms with E-state index in [1.807, 2.05) is 12.1 Å². The van der Waals surface area contributed by atoms with E-state index in [2.05, 4.69) is 44.3 Å². The van der Waals surface area contributed by atoms with Gasteiger partial charge >= 0.3 is 6.03 Å². The molecule has 0 spiro atoms. The van der Waals surface area contributed by atoms with Crippen LogP contribution in [0.5, 0.6) is 11.5 Å². The summed E-state index contributed by atoms with van der Waals surface area (Å²) in [6.45, 7) is 6.78. The molecule has 0 bridgehead atoms. The van der Waals surface area contributed by atoms with Crippen molar-refractivity contribution in [3.05, 3.63) is 59.5 Å². The highest BCUT2D eigenvalue weighted by molar-refractivity contribution is 6.15. The quantitative estimate of drug-likeness (QED) is 0.393. The maximum absolute atomic E-state index is 13.3. The molecule has 0 atom stereocenters. The van der Waals surface area contributed by atoms with Gasteiger partial charge in [-0.05, 0) is 49.5 Å². The Kier molecular flexibility index (Phi) is 7.64. The van der Waals surface area contributed by atoms with Crippen molar-refractivity contribution in [1.29, 1.82) is 0 Å². The summed E-state index contributed by atoms with van der Waals surface area (Å²) < 4.78 is 13.6. The zero-order valence-electron chi connectivity index (χ0n) is 21.8. The minimum atomic E-state index is -0.379. The van der Waals surface area contributed by atoms with Crippen LogP contribution in [0.4, 0.5) is 10.5 Å². The molecule has 1 saturated heterocycles. The zero-order valence-corrected chi connectivity index (χ0v) is 21.8. The largest absolute Gasteiger partial charge is 0.497 e. The van der Waals surface area contributed by atoms with Crippen LogP contribution in [0.1, 0.15) is 15.9 Å².